The number of hydrogen-bond acceptors (Lipinski definition) is 7. The second-order valence-corrected chi connectivity index (χ2v) is 9.03. The van der Waals surface area contributed by atoms with Crippen molar-refractivity contribution in [2.24, 2.45) is 10.7 Å². The Morgan fingerprint density at radius 2 is 2.29 bits per heavy atom. The first-order chi connectivity index (χ1) is 14.9. The Balaban J connectivity index is 2.10. The number of rotatable bonds is 7. The van der Waals surface area contributed by atoms with Crippen molar-refractivity contribution in [1.82, 2.24) is 14.9 Å². The number of thiophene rings is 1. The van der Waals surface area contributed by atoms with Gasteiger partial charge in [0.2, 0.25) is 11.1 Å². The highest BCUT2D eigenvalue weighted by molar-refractivity contribution is 7.16. The number of halogens is 1. The Morgan fingerprint density at radius 1 is 1.52 bits per heavy atom. The summed E-state index contributed by atoms with van der Waals surface area (Å²) in [6.07, 6.45) is 7.04. The molecule has 2 aromatic heterocycles. The lowest BCUT2D eigenvalue weighted by atomic mass is 9.80. The SMILES string of the molecule is CCC/C(C(=O)c1ccnc(Cl)n1)=C(/N)[C@H]1CCCc2sc(/N=C/N(C)C)c(C#N)c21. The molecule has 0 unspecified atom stereocenters. The number of aliphatic imine (C=N–C) groups is 1. The quantitative estimate of drug-likeness (QED) is 0.214. The third-order valence-electron chi connectivity index (χ3n) is 5.12. The molecule has 1 aliphatic rings. The van der Waals surface area contributed by atoms with Crippen molar-refractivity contribution in [2.45, 2.75) is 44.9 Å². The maximum absolute atomic E-state index is 13.2. The van der Waals surface area contributed by atoms with Crippen LogP contribution in [0.1, 0.15) is 65.0 Å². The molecule has 162 valence electrons. The Labute approximate surface area is 191 Å². The zero-order chi connectivity index (χ0) is 22.5. The summed E-state index contributed by atoms with van der Waals surface area (Å²) in [5.41, 5.74) is 9.40. The number of carbonyl (C=O) groups is 1. The van der Waals surface area contributed by atoms with E-state index in [1.165, 1.54) is 17.5 Å². The van der Waals surface area contributed by atoms with E-state index < -0.39 is 0 Å². The number of ketones is 1. The predicted octanol–water partition coefficient (Wildman–Crippen LogP) is 4.60. The van der Waals surface area contributed by atoms with Crippen LogP contribution in [0.25, 0.3) is 0 Å². The van der Waals surface area contributed by atoms with E-state index in [0.29, 0.717) is 28.3 Å². The second kappa shape index (κ2) is 10.0. The van der Waals surface area contributed by atoms with E-state index in [1.807, 2.05) is 25.9 Å². The van der Waals surface area contributed by atoms with Crippen LogP contribution in [0.2, 0.25) is 5.28 Å². The second-order valence-electron chi connectivity index (χ2n) is 7.61. The number of allylic oxidation sites excluding steroid dienone is 2. The van der Waals surface area contributed by atoms with Crippen LogP contribution in [-0.4, -0.2) is 41.1 Å². The Bertz CT molecular complexity index is 1080. The van der Waals surface area contributed by atoms with Crippen LogP contribution in [0.3, 0.4) is 0 Å². The topological polar surface area (TPSA) is 108 Å². The number of fused-ring (bicyclic) bond motifs is 1. The average molecular weight is 457 g/mol. The van der Waals surface area contributed by atoms with E-state index in [2.05, 4.69) is 21.0 Å². The predicted molar refractivity (Wildman–Crippen MR) is 124 cm³/mol. The van der Waals surface area contributed by atoms with Crippen molar-refractivity contribution < 1.29 is 4.79 Å². The van der Waals surface area contributed by atoms with Crippen LogP contribution in [0.5, 0.6) is 0 Å². The molecular weight excluding hydrogens is 432 g/mol. The molecule has 7 nitrogen and oxygen atoms in total. The van der Waals surface area contributed by atoms with Crippen LogP contribution >= 0.6 is 22.9 Å². The van der Waals surface area contributed by atoms with Gasteiger partial charge in [0.15, 0.2) is 0 Å². The molecule has 1 aliphatic carbocycles. The van der Waals surface area contributed by atoms with Gasteiger partial charge in [0.05, 0.1) is 11.9 Å². The summed E-state index contributed by atoms with van der Waals surface area (Å²) in [6.45, 7) is 2.00. The first-order valence-electron chi connectivity index (χ1n) is 10.1. The maximum Gasteiger partial charge on any atom is 0.222 e. The van der Waals surface area contributed by atoms with Crippen molar-refractivity contribution in [1.29, 1.82) is 5.26 Å². The lowest BCUT2D eigenvalue weighted by Gasteiger charge is -2.25. The smallest absolute Gasteiger partial charge is 0.222 e. The molecule has 0 aliphatic heterocycles. The highest BCUT2D eigenvalue weighted by Crippen LogP contribution is 2.46. The molecule has 2 aromatic rings. The van der Waals surface area contributed by atoms with Crippen molar-refractivity contribution in [3.8, 4) is 6.07 Å². The molecule has 1 atom stereocenters. The molecule has 2 heterocycles. The molecule has 0 bridgehead atoms. The first kappa shape index (κ1) is 22.9. The van der Waals surface area contributed by atoms with Gasteiger partial charge in [0.25, 0.3) is 0 Å². The molecule has 0 saturated carbocycles. The van der Waals surface area contributed by atoms with Gasteiger partial charge in [-0.2, -0.15) is 5.26 Å². The number of Topliss-reactive ketones (excluding diaryl/α,β-unsaturated/α-hetero) is 1. The van der Waals surface area contributed by atoms with Crippen molar-refractivity contribution in [3.05, 3.63) is 50.5 Å². The lowest BCUT2D eigenvalue weighted by Crippen LogP contribution is -2.21. The molecular formula is C22H25ClN6OS. The van der Waals surface area contributed by atoms with E-state index in [9.17, 15) is 10.1 Å². The zero-order valence-electron chi connectivity index (χ0n) is 17.9. The summed E-state index contributed by atoms with van der Waals surface area (Å²) in [6, 6.07) is 3.87. The highest BCUT2D eigenvalue weighted by atomic mass is 35.5. The lowest BCUT2D eigenvalue weighted by molar-refractivity contribution is 0.102. The van der Waals surface area contributed by atoms with E-state index >= 15 is 0 Å². The molecule has 0 amide bonds. The Hall–Kier alpha value is -2.76. The molecule has 0 saturated heterocycles. The zero-order valence-corrected chi connectivity index (χ0v) is 19.4. The Morgan fingerprint density at radius 3 is 2.94 bits per heavy atom. The number of aryl methyl sites for hydroxylation is 1. The van der Waals surface area contributed by atoms with E-state index in [4.69, 9.17) is 17.3 Å². The number of aromatic nitrogens is 2. The third-order valence-corrected chi connectivity index (χ3v) is 6.48. The van der Waals surface area contributed by atoms with E-state index in [-0.39, 0.29) is 22.7 Å². The summed E-state index contributed by atoms with van der Waals surface area (Å²) in [7, 11) is 3.77. The van der Waals surface area contributed by atoms with Gasteiger partial charge in [-0.3, -0.25) is 4.79 Å². The normalized spacial score (nSPS) is 16.5. The van der Waals surface area contributed by atoms with Gasteiger partial charge in [0.1, 0.15) is 16.8 Å². The molecule has 0 aromatic carbocycles. The van der Waals surface area contributed by atoms with Crippen LogP contribution in [0.15, 0.2) is 28.5 Å². The number of nitrogens with zero attached hydrogens (tertiary/aromatic N) is 5. The summed E-state index contributed by atoms with van der Waals surface area (Å²) >= 11 is 7.42. The minimum atomic E-state index is -0.240. The standard InChI is InChI=1S/C22H25ClN6OS/c1-4-6-14(20(30)16-9-10-26-22(23)28-16)19(25)13-7-5-8-17-18(13)15(11-24)21(31-17)27-12-29(2)3/h9-10,12-13H,4-8,25H2,1-3H3/b19-14-,27-12+/t13-/m0/s1. The number of hydrogen-bond donors (Lipinski definition) is 1. The average Bonchev–Trinajstić information content (AvgIpc) is 3.12. The van der Waals surface area contributed by atoms with Crippen LogP contribution in [-0.2, 0) is 6.42 Å². The van der Waals surface area contributed by atoms with Crippen molar-refractivity contribution >= 4 is 40.1 Å². The molecule has 0 fully saturated rings. The van der Waals surface area contributed by atoms with Gasteiger partial charge in [-0.1, -0.05) is 13.3 Å². The van der Waals surface area contributed by atoms with Gasteiger partial charge < -0.3 is 10.6 Å². The molecule has 0 spiro atoms. The molecule has 9 heteroatoms. The molecule has 2 N–H and O–H groups in total. The van der Waals surface area contributed by atoms with Crippen molar-refractivity contribution in [3.63, 3.8) is 0 Å². The minimum absolute atomic E-state index is 0.0215. The largest absolute Gasteiger partial charge is 0.401 e. The van der Waals surface area contributed by atoms with Gasteiger partial charge in [-0.25, -0.2) is 15.0 Å². The summed E-state index contributed by atoms with van der Waals surface area (Å²) < 4.78 is 0. The first-order valence-corrected chi connectivity index (χ1v) is 11.3. The summed E-state index contributed by atoms with van der Waals surface area (Å²) in [5, 5.41) is 10.6. The molecule has 31 heavy (non-hydrogen) atoms. The summed E-state index contributed by atoms with van der Waals surface area (Å²) in [5.74, 6) is -0.434. The Kier molecular flexibility index (Phi) is 7.42. The van der Waals surface area contributed by atoms with Crippen LogP contribution in [0, 0.1) is 11.3 Å². The molecule has 3 rings (SSSR count). The van der Waals surface area contributed by atoms with E-state index in [0.717, 1.165) is 36.1 Å². The highest BCUT2D eigenvalue weighted by Gasteiger charge is 2.32. The fourth-order valence-corrected chi connectivity index (χ4v) is 5.12. The number of nitrogens with two attached hydrogens (primary N) is 1. The van der Waals surface area contributed by atoms with Gasteiger partial charge in [-0.15, -0.1) is 11.3 Å². The van der Waals surface area contributed by atoms with Crippen LogP contribution < -0.4 is 5.73 Å². The van der Waals surface area contributed by atoms with Gasteiger partial charge in [0, 0.05) is 42.4 Å². The van der Waals surface area contributed by atoms with Crippen molar-refractivity contribution in [2.75, 3.05) is 14.1 Å². The monoisotopic (exact) mass is 456 g/mol. The van der Waals surface area contributed by atoms with Crippen LogP contribution in [0.4, 0.5) is 5.00 Å². The number of carbonyl (C=O) groups excluding carboxylic acids is 1. The fraction of sp³-hybridized carbons (Fsp3) is 0.409. The maximum atomic E-state index is 13.2. The minimum Gasteiger partial charge on any atom is -0.401 e. The van der Waals surface area contributed by atoms with Gasteiger partial charge in [-0.05, 0) is 48.9 Å². The third kappa shape index (κ3) is 4.94. The number of nitriles is 1. The molecule has 0 radical (unpaired) electrons. The fourth-order valence-electron chi connectivity index (χ4n) is 3.79. The van der Waals surface area contributed by atoms with E-state index in [1.54, 1.807) is 12.4 Å². The van der Waals surface area contributed by atoms with Gasteiger partial charge >= 0.3 is 0 Å². The summed E-state index contributed by atoms with van der Waals surface area (Å²) in [4.78, 5) is 28.6.